The lowest BCUT2D eigenvalue weighted by atomic mass is 9.86. The van der Waals surface area contributed by atoms with Gasteiger partial charge in [-0.05, 0) is 47.8 Å². The highest BCUT2D eigenvalue weighted by molar-refractivity contribution is 5.86. The van der Waals surface area contributed by atoms with E-state index < -0.39 is 12.0 Å². The monoisotopic (exact) mass is 546 g/mol. The summed E-state index contributed by atoms with van der Waals surface area (Å²) in [6.07, 6.45) is 5.91. The van der Waals surface area contributed by atoms with Crippen LogP contribution in [0.2, 0.25) is 0 Å². The van der Waals surface area contributed by atoms with E-state index in [1.807, 2.05) is 87.5 Å². The number of nitrogens with one attached hydrogen (secondary N) is 1. The van der Waals surface area contributed by atoms with Gasteiger partial charge in [-0.1, -0.05) is 87.5 Å². The Morgan fingerprint density at radius 3 is 2.30 bits per heavy atom. The second-order valence-electron chi connectivity index (χ2n) is 12.1. The molecule has 4 atom stereocenters. The van der Waals surface area contributed by atoms with Crippen molar-refractivity contribution in [2.75, 3.05) is 13.2 Å². The average molecular weight is 547 g/mol. The number of nitrogens with zero attached hydrogens (tertiary/aromatic N) is 1. The van der Waals surface area contributed by atoms with E-state index in [9.17, 15) is 19.5 Å². The fourth-order valence-electron chi connectivity index (χ4n) is 5.42. The number of cyclic esters (lactones) is 1. The number of carbonyl (C=O) groups excluding carboxylic acids is 3. The Morgan fingerprint density at radius 2 is 1.62 bits per heavy atom. The Balaban J connectivity index is 1.53. The van der Waals surface area contributed by atoms with Crippen molar-refractivity contribution in [3.8, 4) is 0 Å². The van der Waals surface area contributed by atoms with E-state index in [-0.39, 0.29) is 54.8 Å². The molecule has 2 aromatic carbocycles. The molecule has 0 fully saturated rings. The number of esters is 1. The highest BCUT2D eigenvalue weighted by Crippen LogP contribution is 2.27. The van der Waals surface area contributed by atoms with Crippen molar-refractivity contribution in [2.24, 2.45) is 17.3 Å². The molecule has 0 saturated heterocycles. The van der Waals surface area contributed by atoms with Gasteiger partial charge in [0.15, 0.2) is 0 Å². The van der Waals surface area contributed by atoms with Crippen molar-refractivity contribution in [2.45, 2.75) is 71.5 Å². The van der Waals surface area contributed by atoms with Crippen LogP contribution >= 0.6 is 0 Å². The molecule has 2 aliphatic rings. The molecule has 0 bridgehead atoms. The number of rotatable bonds is 5. The first-order valence-electron chi connectivity index (χ1n) is 14.3. The Hall–Kier alpha value is -3.45. The van der Waals surface area contributed by atoms with Crippen molar-refractivity contribution < 1.29 is 24.2 Å². The summed E-state index contributed by atoms with van der Waals surface area (Å²) in [4.78, 5) is 41.9. The first kappa shape index (κ1) is 29.5. The zero-order valence-electron chi connectivity index (χ0n) is 23.8. The number of hydrogen-bond donors (Lipinski definition) is 2. The summed E-state index contributed by atoms with van der Waals surface area (Å²) in [5.74, 6) is -1.56. The van der Waals surface area contributed by atoms with Gasteiger partial charge in [0, 0.05) is 13.0 Å². The van der Waals surface area contributed by atoms with Gasteiger partial charge in [-0.15, -0.1) is 0 Å². The number of carbonyl (C=O) groups is 3. The highest BCUT2D eigenvalue weighted by Gasteiger charge is 2.35. The molecule has 2 amide bonds. The molecule has 4 rings (SSSR count). The van der Waals surface area contributed by atoms with Gasteiger partial charge in [0.2, 0.25) is 11.8 Å². The number of benzene rings is 2. The van der Waals surface area contributed by atoms with Crippen molar-refractivity contribution in [1.82, 2.24) is 10.2 Å². The summed E-state index contributed by atoms with van der Waals surface area (Å²) in [6, 6.07) is 17.1. The number of fused-ring (bicyclic) bond motifs is 1. The van der Waals surface area contributed by atoms with Gasteiger partial charge < -0.3 is 20.1 Å². The summed E-state index contributed by atoms with van der Waals surface area (Å²) < 4.78 is 5.77. The topological polar surface area (TPSA) is 95.9 Å². The van der Waals surface area contributed by atoms with Crippen LogP contribution in [0.3, 0.4) is 0 Å². The lowest BCUT2D eigenvalue weighted by Gasteiger charge is -2.37. The standard InChI is InChI=1S/C33H42N2O5/c1-33(2,3)29-22-40-32(39)26(17-23-11-5-4-6-12-23)15-9-8-14-25(31(38)34-29)19-30(37)35-20-27-16-10-7-13-24(27)18-28(35)21-36/h4-13,16,25-26,28-29,36H,14-15,17-22H2,1-3H3,(H,34,38)/t25-,26-,28+,29-/m1/s1. The van der Waals surface area contributed by atoms with E-state index in [1.165, 1.54) is 0 Å². The minimum Gasteiger partial charge on any atom is -0.463 e. The molecule has 214 valence electrons. The normalized spacial score (nSPS) is 24.2. The minimum atomic E-state index is -0.576. The SMILES string of the molecule is CC(C)(C)[C@H]1COC(=O)[C@@H](Cc2ccccc2)CC=CC[C@H](CC(=O)N2Cc3ccccc3C[C@H]2CO)C(=O)N1. The second-order valence-corrected chi connectivity index (χ2v) is 12.1. The molecule has 0 spiro atoms. The summed E-state index contributed by atoms with van der Waals surface area (Å²) in [5.41, 5.74) is 2.92. The molecule has 0 aromatic heterocycles. The molecule has 7 heteroatoms. The van der Waals surface area contributed by atoms with Gasteiger partial charge in [-0.25, -0.2) is 0 Å². The van der Waals surface area contributed by atoms with E-state index in [1.54, 1.807) is 4.90 Å². The highest BCUT2D eigenvalue weighted by atomic mass is 16.5. The lowest BCUT2D eigenvalue weighted by Crippen LogP contribution is -2.51. The Kier molecular flexibility index (Phi) is 9.80. The maximum absolute atomic E-state index is 13.6. The molecule has 0 unspecified atom stereocenters. The molecule has 7 nitrogen and oxygen atoms in total. The molecule has 40 heavy (non-hydrogen) atoms. The molecule has 0 saturated carbocycles. The number of amides is 2. The molecule has 0 aliphatic carbocycles. The summed E-state index contributed by atoms with van der Waals surface area (Å²) in [5, 5.41) is 13.1. The zero-order chi connectivity index (χ0) is 28.7. The van der Waals surface area contributed by atoms with E-state index in [2.05, 4.69) is 5.32 Å². The van der Waals surface area contributed by atoms with E-state index in [4.69, 9.17) is 4.74 Å². The van der Waals surface area contributed by atoms with Gasteiger partial charge in [-0.3, -0.25) is 14.4 Å². The van der Waals surface area contributed by atoms with Gasteiger partial charge in [0.05, 0.1) is 30.5 Å². The van der Waals surface area contributed by atoms with Crippen LogP contribution < -0.4 is 5.32 Å². The predicted octanol–water partition coefficient (Wildman–Crippen LogP) is 4.22. The van der Waals surface area contributed by atoms with E-state index in [0.29, 0.717) is 32.2 Å². The number of aliphatic hydroxyl groups excluding tert-OH is 1. The summed E-state index contributed by atoms with van der Waals surface area (Å²) in [7, 11) is 0. The smallest absolute Gasteiger partial charge is 0.309 e. The Morgan fingerprint density at radius 1 is 0.975 bits per heavy atom. The van der Waals surface area contributed by atoms with Crippen LogP contribution in [0.25, 0.3) is 0 Å². The zero-order valence-corrected chi connectivity index (χ0v) is 23.8. The molecule has 2 aromatic rings. The van der Waals surface area contributed by atoms with Crippen molar-refractivity contribution in [3.63, 3.8) is 0 Å². The van der Waals surface area contributed by atoms with Gasteiger partial charge in [-0.2, -0.15) is 0 Å². The second kappa shape index (κ2) is 13.3. The van der Waals surface area contributed by atoms with Crippen LogP contribution in [0.15, 0.2) is 66.7 Å². The summed E-state index contributed by atoms with van der Waals surface area (Å²) >= 11 is 0. The van der Waals surface area contributed by atoms with Crippen molar-refractivity contribution in [3.05, 3.63) is 83.4 Å². The van der Waals surface area contributed by atoms with Gasteiger partial charge in [0.1, 0.15) is 6.61 Å². The number of aliphatic hydroxyl groups is 1. The lowest BCUT2D eigenvalue weighted by molar-refractivity contribution is -0.151. The number of allylic oxidation sites excluding steroid dienone is 2. The maximum Gasteiger partial charge on any atom is 0.309 e. The Labute approximate surface area is 237 Å². The minimum absolute atomic E-state index is 0.0406. The van der Waals surface area contributed by atoms with Crippen LogP contribution in [0.4, 0.5) is 0 Å². The van der Waals surface area contributed by atoms with Gasteiger partial charge in [0.25, 0.3) is 0 Å². The third-order valence-corrected chi connectivity index (χ3v) is 8.10. The van der Waals surface area contributed by atoms with Gasteiger partial charge >= 0.3 is 5.97 Å². The number of ether oxygens (including phenoxy) is 1. The predicted molar refractivity (Wildman–Crippen MR) is 154 cm³/mol. The largest absolute Gasteiger partial charge is 0.463 e. The fraction of sp³-hybridized carbons (Fsp3) is 0.485. The van der Waals surface area contributed by atoms with Crippen LogP contribution in [0.1, 0.15) is 56.7 Å². The Bertz CT molecular complexity index is 1200. The molecule has 2 N–H and O–H groups in total. The molecular formula is C33H42N2O5. The van der Waals surface area contributed by atoms with E-state index >= 15 is 0 Å². The quantitative estimate of drug-likeness (QED) is 0.433. The molecule has 2 aliphatic heterocycles. The molecular weight excluding hydrogens is 504 g/mol. The van der Waals surface area contributed by atoms with Crippen molar-refractivity contribution in [1.29, 1.82) is 0 Å². The number of hydrogen-bond acceptors (Lipinski definition) is 5. The van der Waals surface area contributed by atoms with Crippen LogP contribution in [0.5, 0.6) is 0 Å². The molecule has 0 radical (unpaired) electrons. The third kappa shape index (κ3) is 7.60. The molecule has 2 heterocycles. The van der Waals surface area contributed by atoms with Crippen LogP contribution in [-0.4, -0.2) is 53.1 Å². The summed E-state index contributed by atoms with van der Waals surface area (Å²) in [6.45, 7) is 6.35. The van der Waals surface area contributed by atoms with E-state index in [0.717, 1.165) is 16.7 Å². The van der Waals surface area contributed by atoms with Crippen LogP contribution in [0, 0.1) is 17.3 Å². The van der Waals surface area contributed by atoms with Crippen molar-refractivity contribution >= 4 is 17.8 Å². The fourth-order valence-corrected chi connectivity index (χ4v) is 5.42. The first-order valence-corrected chi connectivity index (χ1v) is 14.3. The third-order valence-electron chi connectivity index (χ3n) is 8.10. The maximum atomic E-state index is 13.6. The first-order chi connectivity index (χ1) is 19.2. The average Bonchev–Trinajstić information content (AvgIpc) is 2.94. The van der Waals surface area contributed by atoms with Crippen LogP contribution in [-0.2, 0) is 38.5 Å².